The van der Waals surface area contributed by atoms with Gasteiger partial charge in [0.05, 0.1) is 11.4 Å². The van der Waals surface area contributed by atoms with Crippen molar-refractivity contribution < 1.29 is 9.90 Å². The number of anilines is 2. The summed E-state index contributed by atoms with van der Waals surface area (Å²) in [7, 11) is 0. The molecule has 7 heteroatoms. The van der Waals surface area contributed by atoms with Gasteiger partial charge < -0.3 is 10.4 Å². The Morgan fingerprint density at radius 1 is 1.56 bits per heavy atom. The van der Waals surface area contributed by atoms with E-state index in [0.717, 1.165) is 21.5 Å². The summed E-state index contributed by atoms with van der Waals surface area (Å²) in [5.74, 6) is -0.965. The molecule has 0 atom stereocenters. The van der Waals surface area contributed by atoms with Crippen LogP contribution in [-0.4, -0.2) is 16.1 Å². The number of carboxylic acids is 1. The van der Waals surface area contributed by atoms with Crippen molar-refractivity contribution in [3.8, 4) is 0 Å². The standard InChI is InChI=1S/C11H8BrClN2O2S/c1-5-9(10(16)17)18-11(14-5)15-8-3-2-6(13)4-7(8)12/h2-4H,1H3,(H,14,15)(H,16,17). The Bertz CT molecular complexity index is 615. The third-order valence-electron chi connectivity index (χ3n) is 2.16. The highest BCUT2D eigenvalue weighted by Crippen LogP contribution is 2.31. The predicted molar refractivity (Wildman–Crippen MR) is 76.2 cm³/mol. The highest BCUT2D eigenvalue weighted by Gasteiger charge is 2.14. The van der Waals surface area contributed by atoms with Crippen LogP contribution >= 0.6 is 38.9 Å². The zero-order chi connectivity index (χ0) is 13.3. The minimum Gasteiger partial charge on any atom is -0.477 e. The summed E-state index contributed by atoms with van der Waals surface area (Å²) in [4.78, 5) is 15.3. The zero-order valence-electron chi connectivity index (χ0n) is 9.20. The first-order valence-corrected chi connectivity index (χ1v) is 6.89. The molecule has 0 aliphatic carbocycles. The van der Waals surface area contributed by atoms with E-state index in [2.05, 4.69) is 26.2 Å². The van der Waals surface area contributed by atoms with Crippen molar-refractivity contribution in [1.82, 2.24) is 4.98 Å². The molecule has 94 valence electrons. The van der Waals surface area contributed by atoms with Gasteiger partial charge in [-0.05, 0) is 41.1 Å². The zero-order valence-corrected chi connectivity index (χ0v) is 12.4. The van der Waals surface area contributed by atoms with Crippen LogP contribution < -0.4 is 5.32 Å². The van der Waals surface area contributed by atoms with Crippen LogP contribution in [0, 0.1) is 6.92 Å². The van der Waals surface area contributed by atoms with Gasteiger partial charge in [0.2, 0.25) is 0 Å². The van der Waals surface area contributed by atoms with Crippen molar-refractivity contribution in [3.05, 3.63) is 38.3 Å². The summed E-state index contributed by atoms with van der Waals surface area (Å²) in [6, 6.07) is 5.29. The molecule has 2 aromatic rings. The molecule has 0 unspecified atom stereocenters. The Kier molecular flexibility index (Phi) is 3.89. The molecule has 0 aliphatic heterocycles. The highest BCUT2D eigenvalue weighted by molar-refractivity contribution is 9.10. The van der Waals surface area contributed by atoms with Crippen molar-refractivity contribution in [1.29, 1.82) is 0 Å². The van der Waals surface area contributed by atoms with Gasteiger partial charge in [-0.1, -0.05) is 22.9 Å². The summed E-state index contributed by atoms with van der Waals surface area (Å²) < 4.78 is 0.791. The number of nitrogens with one attached hydrogen (secondary N) is 1. The number of hydrogen-bond acceptors (Lipinski definition) is 4. The number of rotatable bonds is 3. The monoisotopic (exact) mass is 346 g/mol. The van der Waals surface area contributed by atoms with Gasteiger partial charge in [-0.15, -0.1) is 0 Å². The molecule has 0 fully saturated rings. The molecule has 0 spiro atoms. The van der Waals surface area contributed by atoms with E-state index in [9.17, 15) is 4.79 Å². The first-order valence-electron chi connectivity index (χ1n) is 4.90. The third kappa shape index (κ3) is 2.82. The molecule has 1 heterocycles. The number of aryl methyl sites for hydroxylation is 1. The molecular formula is C11H8BrClN2O2S. The molecule has 2 N–H and O–H groups in total. The van der Waals surface area contributed by atoms with E-state index in [1.165, 1.54) is 0 Å². The Hall–Kier alpha value is -1.11. The molecule has 1 aromatic heterocycles. The maximum atomic E-state index is 10.9. The number of benzene rings is 1. The number of carbonyl (C=O) groups is 1. The van der Waals surface area contributed by atoms with Crippen LogP contribution in [0.3, 0.4) is 0 Å². The number of hydrogen-bond donors (Lipinski definition) is 2. The number of carboxylic acid groups (broad SMARTS) is 1. The minimum atomic E-state index is -0.965. The Morgan fingerprint density at radius 3 is 2.83 bits per heavy atom. The summed E-state index contributed by atoms with van der Waals surface area (Å²) in [5, 5.41) is 13.2. The fraction of sp³-hybridized carbons (Fsp3) is 0.0909. The second-order valence-corrected chi connectivity index (χ2v) is 5.78. The Labute approximate surface area is 121 Å². The number of halogens is 2. The highest BCUT2D eigenvalue weighted by atomic mass is 79.9. The number of thiazole rings is 1. The van der Waals surface area contributed by atoms with Crippen molar-refractivity contribution >= 4 is 55.7 Å². The van der Waals surface area contributed by atoms with E-state index < -0.39 is 5.97 Å². The van der Waals surface area contributed by atoms with E-state index in [1.807, 2.05) is 0 Å². The van der Waals surface area contributed by atoms with Gasteiger partial charge in [0.25, 0.3) is 0 Å². The smallest absolute Gasteiger partial charge is 0.347 e. The SMILES string of the molecule is Cc1nc(Nc2ccc(Cl)cc2Br)sc1C(=O)O. The van der Waals surface area contributed by atoms with Gasteiger partial charge in [-0.25, -0.2) is 9.78 Å². The lowest BCUT2D eigenvalue weighted by Gasteiger charge is -2.05. The van der Waals surface area contributed by atoms with Crippen LogP contribution in [-0.2, 0) is 0 Å². The lowest BCUT2D eigenvalue weighted by Crippen LogP contribution is -1.94. The van der Waals surface area contributed by atoms with Crippen LogP contribution in [0.15, 0.2) is 22.7 Å². The average Bonchev–Trinajstić information content (AvgIpc) is 2.64. The summed E-state index contributed by atoms with van der Waals surface area (Å²) in [5.41, 5.74) is 1.28. The normalized spacial score (nSPS) is 10.4. The predicted octanol–water partition coefficient (Wildman–Crippen LogP) is 4.31. The Balaban J connectivity index is 2.29. The summed E-state index contributed by atoms with van der Waals surface area (Å²) in [6.07, 6.45) is 0. The minimum absolute atomic E-state index is 0.239. The van der Waals surface area contributed by atoms with Gasteiger partial charge in [0.15, 0.2) is 5.13 Å². The molecule has 4 nitrogen and oxygen atoms in total. The molecule has 0 radical (unpaired) electrons. The molecule has 18 heavy (non-hydrogen) atoms. The second-order valence-electron chi connectivity index (χ2n) is 3.49. The fourth-order valence-corrected chi connectivity index (χ4v) is 2.95. The van der Waals surface area contributed by atoms with E-state index >= 15 is 0 Å². The molecule has 0 saturated heterocycles. The fourth-order valence-electron chi connectivity index (χ4n) is 1.35. The molecule has 0 amide bonds. The molecule has 0 aliphatic rings. The summed E-state index contributed by atoms with van der Waals surface area (Å²) in [6.45, 7) is 1.67. The molecule has 1 aromatic carbocycles. The van der Waals surface area contributed by atoms with Crippen LogP contribution in [0.5, 0.6) is 0 Å². The van der Waals surface area contributed by atoms with E-state index in [1.54, 1.807) is 25.1 Å². The van der Waals surface area contributed by atoms with E-state index in [4.69, 9.17) is 16.7 Å². The molecule has 2 rings (SSSR count). The summed E-state index contributed by atoms with van der Waals surface area (Å²) >= 11 is 10.3. The topological polar surface area (TPSA) is 62.2 Å². The lowest BCUT2D eigenvalue weighted by molar-refractivity contribution is 0.0701. The van der Waals surface area contributed by atoms with Gasteiger partial charge in [0, 0.05) is 9.50 Å². The van der Waals surface area contributed by atoms with Crippen molar-refractivity contribution in [2.45, 2.75) is 6.92 Å². The van der Waals surface area contributed by atoms with Crippen LogP contribution in [0.4, 0.5) is 10.8 Å². The Morgan fingerprint density at radius 2 is 2.28 bits per heavy atom. The quantitative estimate of drug-likeness (QED) is 0.868. The van der Waals surface area contributed by atoms with Crippen molar-refractivity contribution in [2.24, 2.45) is 0 Å². The number of aromatic nitrogens is 1. The molecular weight excluding hydrogens is 340 g/mol. The maximum absolute atomic E-state index is 10.9. The first-order chi connectivity index (χ1) is 8.47. The van der Waals surface area contributed by atoms with Crippen molar-refractivity contribution in [2.75, 3.05) is 5.32 Å². The lowest BCUT2D eigenvalue weighted by atomic mass is 10.3. The van der Waals surface area contributed by atoms with Gasteiger partial charge in [0.1, 0.15) is 4.88 Å². The first kappa shape index (κ1) is 13.3. The van der Waals surface area contributed by atoms with E-state index in [0.29, 0.717) is 15.8 Å². The molecule has 0 saturated carbocycles. The van der Waals surface area contributed by atoms with Gasteiger partial charge in [-0.2, -0.15) is 0 Å². The number of nitrogens with zero attached hydrogens (tertiary/aromatic N) is 1. The van der Waals surface area contributed by atoms with E-state index in [-0.39, 0.29) is 4.88 Å². The van der Waals surface area contributed by atoms with Crippen LogP contribution in [0.2, 0.25) is 5.02 Å². The number of aromatic carboxylic acids is 1. The average molecular weight is 348 g/mol. The van der Waals surface area contributed by atoms with Crippen LogP contribution in [0.25, 0.3) is 0 Å². The molecule has 0 bridgehead atoms. The largest absolute Gasteiger partial charge is 0.477 e. The second kappa shape index (κ2) is 5.26. The third-order valence-corrected chi connectivity index (χ3v) is 4.12. The van der Waals surface area contributed by atoms with Crippen LogP contribution in [0.1, 0.15) is 15.4 Å². The van der Waals surface area contributed by atoms with Gasteiger partial charge in [-0.3, -0.25) is 0 Å². The maximum Gasteiger partial charge on any atom is 0.347 e. The van der Waals surface area contributed by atoms with Gasteiger partial charge >= 0.3 is 5.97 Å². The van der Waals surface area contributed by atoms with Crippen molar-refractivity contribution in [3.63, 3.8) is 0 Å².